The maximum Gasteiger partial charge on any atom is 0.152 e. The van der Waals surface area contributed by atoms with Crippen LogP contribution in [0.3, 0.4) is 0 Å². The molecule has 0 radical (unpaired) electrons. The number of hydrogen-bond donors (Lipinski definition) is 1. The van der Waals surface area contributed by atoms with Gasteiger partial charge < -0.3 is 10.5 Å². The molecule has 3 aromatic rings. The molecule has 1 heterocycles. The van der Waals surface area contributed by atoms with E-state index in [1.54, 1.807) is 6.20 Å². The summed E-state index contributed by atoms with van der Waals surface area (Å²) in [6, 6.07) is 16.7. The Morgan fingerprint density at radius 2 is 1.50 bits per heavy atom. The molecular formula is C17H14ClN3O. The van der Waals surface area contributed by atoms with Gasteiger partial charge in [-0.25, -0.2) is 4.98 Å². The second-order valence-corrected chi connectivity index (χ2v) is 5.05. The molecule has 110 valence electrons. The molecule has 0 aliphatic carbocycles. The zero-order valence-corrected chi connectivity index (χ0v) is 12.4. The number of halogens is 1. The number of nitrogens with zero attached hydrogens (tertiary/aromatic N) is 2. The van der Waals surface area contributed by atoms with Gasteiger partial charge in [0.1, 0.15) is 11.5 Å². The standard InChI is InChI=1S/C17H14ClN3O/c18-17-16(20-10-11-21-17)15(19)12-6-8-14(9-7-12)22-13-4-2-1-3-5-13/h1-11,15H,19H2. The van der Waals surface area contributed by atoms with Gasteiger partial charge in [-0.15, -0.1) is 0 Å². The molecular weight excluding hydrogens is 298 g/mol. The van der Waals surface area contributed by atoms with Crippen molar-refractivity contribution in [3.8, 4) is 11.5 Å². The van der Waals surface area contributed by atoms with Crippen molar-refractivity contribution in [3.63, 3.8) is 0 Å². The van der Waals surface area contributed by atoms with E-state index in [9.17, 15) is 0 Å². The van der Waals surface area contributed by atoms with Crippen LogP contribution in [0.1, 0.15) is 17.3 Å². The lowest BCUT2D eigenvalue weighted by atomic mass is 10.1. The molecule has 5 heteroatoms. The molecule has 1 unspecified atom stereocenters. The van der Waals surface area contributed by atoms with Gasteiger partial charge in [0, 0.05) is 12.4 Å². The van der Waals surface area contributed by atoms with Crippen LogP contribution in [0, 0.1) is 0 Å². The maximum atomic E-state index is 6.19. The molecule has 0 saturated heterocycles. The van der Waals surface area contributed by atoms with E-state index in [4.69, 9.17) is 22.1 Å². The van der Waals surface area contributed by atoms with Crippen LogP contribution >= 0.6 is 11.6 Å². The highest BCUT2D eigenvalue weighted by atomic mass is 35.5. The first-order chi connectivity index (χ1) is 10.7. The lowest BCUT2D eigenvalue weighted by Gasteiger charge is -2.13. The highest BCUT2D eigenvalue weighted by molar-refractivity contribution is 6.30. The third-order valence-corrected chi connectivity index (χ3v) is 3.48. The number of rotatable bonds is 4. The first-order valence-electron chi connectivity index (χ1n) is 6.79. The molecule has 0 bridgehead atoms. The molecule has 2 N–H and O–H groups in total. The maximum absolute atomic E-state index is 6.19. The fraction of sp³-hybridized carbons (Fsp3) is 0.0588. The van der Waals surface area contributed by atoms with Gasteiger partial charge in [-0.05, 0) is 29.8 Å². The second kappa shape index (κ2) is 6.56. The number of benzene rings is 2. The van der Waals surface area contributed by atoms with Gasteiger partial charge in [-0.1, -0.05) is 41.9 Å². The summed E-state index contributed by atoms with van der Waals surface area (Å²) < 4.78 is 5.75. The molecule has 3 rings (SSSR count). The molecule has 1 atom stereocenters. The Bertz CT molecular complexity index is 747. The first-order valence-corrected chi connectivity index (χ1v) is 7.16. The largest absolute Gasteiger partial charge is 0.457 e. The van der Waals surface area contributed by atoms with Gasteiger partial charge in [-0.3, -0.25) is 4.98 Å². The topological polar surface area (TPSA) is 61.0 Å². The summed E-state index contributed by atoms with van der Waals surface area (Å²) >= 11 is 6.03. The lowest BCUT2D eigenvalue weighted by Crippen LogP contribution is -2.14. The van der Waals surface area contributed by atoms with Crippen molar-refractivity contribution < 1.29 is 4.74 Å². The van der Waals surface area contributed by atoms with Crippen LogP contribution in [0.25, 0.3) is 0 Å². The summed E-state index contributed by atoms with van der Waals surface area (Å²) in [4.78, 5) is 8.19. The third-order valence-electron chi connectivity index (χ3n) is 3.19. The number of nitrogens with two attached hydrogens (primary N) is 1. The Morgan fingerprint density at radius 1 is 0.864 bits per heavy atom. The molecule has 0 aliphatic heterocycles. The van der Waals surface area contributed by atoms with Gasteiger partial charge in [0.15, 0.2) is 5.15 Å². The minimum absolute atomic E-state index is 0.319. The second-order valence-electron chi connectivity index (χ2n) is 4.69. The van der Waals surface area contributed by atoms with Crippen molar-refractivity contribution in [2.45, 2.75) is 6.04 Å². The van der Waals surface area contributed by atoms with E-state index < -0.39 is 6.04 Å². The molecule has 0 aliphatic rings. The molecule has 2 aromatic carbocycles. The highest BCUT2D eigenvalue weighted by Crippen LogP contribution is 2.26. The minimum Gasteiger partial charge on any atom is -0.457 e. The van der Waals surface area contributed by atoms with E-state index in [1.807, 2.05) is 54.6 Å². The van der Waals surface area contributed by atoms with E-state index in [1.165, 1.54) is 6.20 Å². The van der Waals surface area contributed by atoms with Crippen LogP contribution in [0.2, 0.25) is 5.15 Å². The first kappa shape index (κ1) is 14.5. The smallest absolute Gasteiger partial charge is 0.152 e. The van der Waals surface area contributed by atoms with Gasteiger partial charge in [0.25, 0.3) is 0 Å². The monoisotopic (exact) mass is 311 g/mol. The van der Waals surface area contributed by atoms with Crippen LogP contribution < -0.4 is 10.5 Å². The van der Waals surface area contributed by atoms with E-state index in [-0.39, 0.29) is 0 Å². The van der Waals surface area contributed by atoms with Crippen molar-refractivity contribution in [2.24, 2.45) is 5.73 Å². The SMILES string of the molecule is NC(c1ccc(Oc2ccccc2)cc1)c1nccnc1Cl. The number of para-hydroxylation sites is 1. The lowest BCUT2D eigenvalue weighted by molar-refractivity contribution is 0.482. The van der Waals surface area contributed by atoms with Gasteiger partial charge in [0.05, 0.1) is 11.7 Å². The van der Waals surface area contributed by atoms with Crippen LogP contribution in [-0.2, 0) is 0 Å². The fourth-order valence-electron chi connectivity index (χ4n) is 2.07. The minimum atomic E-state index is -0.424. The van der Waals surface area contributed by atoms with E-state index in [0.29, 0.717) is 10.8 Å². The summed E-state index contributed by atoms with van der Waals surface area (Å²) in [5.74, 6) is 1.53. The molecule has 0 spiro atoms. The van der Waals surface area contributed by atoms with Crippen molar-refractivity contribution in [1.82, 2.24) is 9.97 Å². The average Bonchev–Trinajstić information content (AvgIpc) is 2.56. The zero-order valence-electron chi connectivity index (χ0n) is 11.7. The van der Waals surface area contributed by atoms with Gasteiger partial charge in [0.2, 0.25) is 0 Å². The van der Waals surface area contributed by atoms with E-state index in [0.717, 1.165) is 17.1 Å². The van der Waals surface area contributed by atoms with Crippen LogP contribution in [0.4, 0.5) is 0 Å². The average molecular weight is 312 g/mol. The predicted octanol–water partition coefficient (Wildman–Crippen LogP) is 3.97. The Hall–Kier alpha value is -2.43. The van der Waals surface area contributed by atoms with Crippen molar-refractivity contribution >= 4 is 11.6 Å². The van der Waals surface area contributed by atoms with Crippen molar-refractivity contribution in [2.75, 3.05) is 0 Å². The Balaban J connectivity index is 1.78. The normalized spacial score (nSPS) is 11.9. The zero-order chi connectivity index (χ0) is 15.4. The molecule has 0 saturated carbocycles. The molecule has 22 heavy (non-hydrogen) atoms. The Kier molecular flexibility index (Phi) is 4.32. The summed E-state index contributed by atoms with van der Waals surface area (Å²) in [6.45, 7) is 0. The number of ether oxygens (including phenoxy) is 1. The number of aromatic nitrogens is 2. The summed E-state index contributed by atoms with van der Waals surface area (Å²) in [5.41, 5.74) is 7.64. The third kappa shape index (κ3) is 3.24. The Morgan fingerprint density at radius 3 is 2.18 bits per heavy atom. The van der Waals surface area contributed by atoms with Crippen LogP contribution in [0.15, 0.2) is 67.0 Å². The highest BCUT2D eigenvalue weighted by Gasteiger charge is 2.14. The Labute approximate surface area is 133 Å². The summed E-state index contributed by atoms with van der Waals surface area (Å²) in [7, 11) is 0. The quantitative estimate of drug-likeness (QED) is 0.792. The van der Waals surface area contributed by atoms with Crippen molar-refractivity contribution in [3.05, 3.63) is 83.4 Å². The van der Waals surface area contributed by atoms with Crippen molar-refractivity contribution in [1.29, 1.82) is 0 Å². The molecule has 1 aromatic heterocycles. The molecule has 0 amide bonds. The summed E-state index contributed by atoms with van der Waals surface area (Å²) in [5, 5.41) is 0.319. The van der Waals surface area contributed by atoms with Gasteiger partial charge in [-0.2, -0.15) is 0 Å². The number of hydrogen-bond acceptors (Lipinski definition) is 4. The van der Waals surface area contributed by atoms with Crippen LogP contribution in [0.5, 0.6) is 11.5 Å². The molecule has 4 nitrogen and oxygen atoms in total. The summed E-state index contributed by atoms with van der Waals surface area (Å²) in [6.07, 6.45) is 3.11. The van der Waals surface area contributed by atoms with E-state index in [2.05, 4.69) is 9.97 Å². The predicted molar refractivity (Wildman–Crippen MR) is 86.0 cm³/mol. The van der Waals surface area contributed by atoms with Gasteiger partial charge >= 0.3 is 0 Å². The van der Waals surface area contributed by atoms with E-state index >= 15 is 0 Å². The fourth-order valence-corrected chi connectivity index (χ4v) is 2.29. The van der Waals surface area contributed by atoms with Crippen LogP contribution in [-0.4, -0.2) is 9.97 Å². The molecule has 0 fully saturated rings.